The molecule has 0 fully saturated rings. The Bertz CT molecular complexity index is 554. The van der Waals surface area contributed by atoms with Gasteiger partial charge in [0.15, 0.2) is 11.6 Å². The van der Waals surface area contributed by atoms with Crippen molar-refractivity contribution in [1.82, 2.24) is 5.43 Å². The molecule has 0 saturated heterocycles. The topological polar surface area (TPSA) is 60.4 Å². The Morgan fingerprint density at radius 1 is 1.37 bits per heavy atom. The summed E-state index contributed by atoms with van der Waals surface area (Å²) in [7, 11) is 1.43. The SMILES string of the molecule is CCc1ccc(C(NN)c2cccc(OC)c2F)o1. The van der Waals surface area contributed by atoms with Gasteiger partial charge in [-0.15, -0.1) is 0 Å². The molecule has 5 heteroatoms. The van der Waals surface area contributed by atoms with Gasteiger partial charge in [-0.3, -0.25) is 5.84 Å². The molecule has 0 radical (unpaired) electrons. The Balaban J connectivity index is 2.42. The lowest BCUT2D eigenvalue weighted by Crippen LogP contribution is -2.29. The van der Waals surface area contributed by atoms with Crippen LogP contribution in [-0.4, -0.2) is 7.11 Å². The summed E-state index contributed by atoms with van der Waals surface area (Å²) in [6.45, 7) is 1.99. The summed E-state index contributed by atoms with van der Waals surface area (Å²) in [6, 6.07) is 8.03. The minimum Gasteiger partial charge on any atom is -0.494 e. The molecule has 1 heterocycles. The summed E-state index contributed by atoms with van der Waals surface area (Å²) in [5, 5.41) is 0. The molecule has 0 spiro atoms. The fraction of sp³-hybridized carbons (Fsp3) is 0.286. The van der Waals surface area contributed by atoms with Crippen molar-refractivity contribution in [2.75, 3.05) is 7.11 Å². The van der Waals surface area contributed by atoms with E-state index in [0.717, 1.165) is 12.2 Å². The molecule has 19 heavy (non-hydrogen) atoms. The second-order valence-corrected chi connectivity index (χ2v) is 4.12. The zero-order valence-electron chi connectivity index (χ0n) is 10.9. The van der Waals surface area contributed by atoms with Crippen LogP contribution in [-0.2, 0) is 6.42 Å². The van der Waals surface area contributed by atoms with Crippen LogP contribution in [0.5, 0.6) is 5.75 Å². The van der Waals surface area contributed by atoms with Crippen LogP contribution in [0.15, 0.2) is 34.7 Å². The van der Waals surface area contributed by atoms with Crippen LogP contribution in [0.25, 0.3) is 0 Å². The third-order valence-electron chi connectivity index (χ3n) is 3.01. The van der Waals surface area contributed by atoms with Gasteiger partial charge >= 0.3 is 0 Å². The van der Waals surface area contributed by atoms with Gasteiger partial charge in [0.1, 0.15) is 17.6 Å². The van der Waals surface area contributed by atoms with Crippen LogP contribution in [0, 0.1) is 5.82 Å². The predicted molar refractivity (Wildman–Crippen MR) is 70.2 cm³/mol. The molecule has 0 bridgehead atoms. The molecule has 0 aliphatic rings. The van der Waals surface area contributed by atoms with Gasteiger partial charge in [0.25, 0.3) is 0 Å². The van der Waals surface area contributed by atoms with Crippen LogP contribution < -0.4 is 16.0 Å². The molecule has 0 aliphatic heterocycles. The first kappa shape index (κ1) is 13.6. The van der Waals surface area contributed by atoms with E-state index in [9.17, 15) is 4.39 Å². The molecule has 1 atom stereocenters. The van der Waals surface area contributed by atoms with Gasteiger partial charge in [0.2, 0.25) is 0 Å². The zero-order chi connectivity index (χ0) is 13.8. The maximum Gasteiger partial charge on any atom is 0.170 e. The molecule has 0 saturated carbocycles. The lowest BCUT2D eigenvalue weighted by molar-refractivity contribution is 0.375. The van der Waals surface area contributed by atoms with Crippen molar-refractivity contribution in [3.05, 3.63) is 53.2 Å². The Hall–Kier alpha value is -1.85. The summed E-state index contributed by atoms with van der Waals surface area (Å²) in [6.07, 6.45) is 0.776. The standard InChI is InChI=1S/C14H17FN2O2/c1-3-9-7-8-12(19-9)14(17-16)10-5-4-6-11(18-2)13(10)15/h4-8,14,17H,3,16H2,1-2H3. The molecule has 0 aliphatic carbocycles. The fourth-order valence-electron chi connectivity index (χ4n) is 1.97. The summed E-state index contributed by atoms with van der Waals surface area (Å²) < 4.78 is 24.8. The van der Waals surface area contributed by atoms with E-state index in [1.807, 2.05) is 13.0 Å². The number of ether oxygens (including phenoxy) is 1. The third kappa shape index (κ3) is 2.62. The molecule has 1 aromatic carbocycles. The van der Waals surface area contributed by atoms with Crippen LogP contribution in [0.1, 0.15) is 30.0 Å². The van der Waals surface area contributed by atoms with Gasteiger partial charge < -0.3 is 9.15 Å². The Kier molecular flexibility index (Phi) is 4.19. The number of rotatable bonds is 5. The van der Waals surface area contributed by atoms with Crippen molar-refractivity contribution in [1.29, 1.82) is 0 Å². The van der Waals surface area contributed by atoms with Gasteiger partial charge in [-0.2, -0.15) is 0 Å². The molecule has 2 aromatic rings. The molecule has 0 amide bonds. The number of nitrogens with two attached hydrogens (primary N) is 1. The predicted octanol–water partition coefficient (Wildman–Crippen LogP) is 2.54. The van der Waals surface area contributed by atoms with Crippen molar-refractivity contribution < 1.29 is 13.5 Å². The van der Waals surface area contributed by atoms with Crippen molar-refractivity contribution in [2.24, 2.45) is 5.84 Å². The lowest BCUT2D eigenvalue weighted by Gasteiger charge is -2.16. The maximum absolute atomic E-state index is 14.2. The van der Waals surface area contributed by atoms with Crippen LogP contribution in [0.4, 0.5) is 4.39 Å². The van der Waals surface area contributed by atoms with E-state index in [1.165, 1.54) is 7.11 Å². The first-order valence-electron chi connectivity index (χ1n) is 6.08. The van der Waals surface area contributed by atoms with Crippen LogP contribution in [0.3, 0.4) is 0 Å². The van der Waals surface area contributed by atoms with Crippen molar-refractivity contribution >= 4 is 0 Å². The highest BCUT2D eigenvalue weighted by molar-refractivity contribution is 5.36. The molecular formula is C14H17FN2O2. The summed E-state index contributed by atoms with van der Waals surface area (Å²) in [5.41, 5.74) is 2.96. The van der Waals surface area contributed by atoms with E-state index in [0.29, 0.717) is 11.3 Å². The number of hydrazine groups is 1. The number of hydrogen-bond donors (Lipinski definition) is 2. The van der Waals surface area contributed by atoms with Crippen LogP contribution in [0.2, 0.25) is 0 Å². The van der Waals surface area contributed by atoms with Crippen molar-refractivity contribution in [3.8, 4) is 5.75 Å². The third-order valence-corrected chi connectivity index (χ3v) is 3.01. The first-order chi connectivity index (χ1) is 9.21. The summed E-state index contributed by atoms with van der Waals surface area (Å²) in [4.78, 5) is 0. The molecule has 1 aromatic heterocycles. The molecule has 4 nitrogen and oxygen atoms in total. The highest BCUT2D eigenvalue weighted by Crippen LogP contribution is 2.29. The number of furan rings is 1. The minimum atomic E-state index is -0.546. The first-order valence-corrected chi connectivity index (χ1v) is 6.08. The quantitative estimate of drug-likeness (QED) is 0.643. The maximum atomic E-state index is 14.2. The van der Waals surface area contributed by atoms with E-state index in [2.05, 4.69) is 5.43 Å². The smallest absolute Gasteiger partial charge is 0.170 e. The highest BCUT2D eigenvalue weighted by Gasteiger charge is 2.21. The van der Waals surface area contributed by atoms with Gasteiger partial charge in [0.05, 0.1) is 7.11 Å². The Morgan fingerprint density at radius 3 is 2.74 bits per heavy atom. The van der Waals surface area contributed by atoms with Crippen molar-refractivity contribution in [2.45, 2.75) is 19.4 Å². The number of aryl methyl sites for hydroxylation is 1. The van der Waals surface area contributed by atoms with E-state index in [1.54, 1.807) is 24.3 Å². The molecule has 1 unspecified atom stereocenters. The second kappa shape index (κ2) is 5.86. The van der Waals surface area contributed by atoms with Gasteiger partial charge in [0, 0.05) is 12.0 Å². The van der Waals surface area contributed by atoms with E-state index >= 15 is 0 Å². The van der Waals surface area contributed by atoms with Crippen molar-refractivity contribution in [3.63, 3.8) is 0 Å². The monoisotopic (exact) mass is 264 g/mol. The van der Waals surface area contributed by atoms with Gasteiger partial charge in [-0.1, -0.05) is 19.1 Å². The van der Waals surface area contributed by atoms with Crippen LogP contribution >= 0.6 is 0 Å². The summed E-state index contributed by atoms with van der Waals surface area (Å²) >= 11 is 0. The lowest BCUT2D eigenvalue weighted by atomic mass is 10.0. The van der Waals surface area contributed by atoms with E-state index in [4.69, 9.17) is 15.0 Å². The molecule has 3 N–H and O–H groups in total. The fourth-order valence-corrected chi connectivity index (χ4v) is 1.97. The number of methoxy groups -OCH3 is 1. The highest BCUT2D eigenvalue weighted by atomic mass is 19.1. The molecule has 102 valence electrons. The number of benzene rings is 1. The van der Waals surface area contributed by atoms with Gasteiger partial charge in [-0.05, 0) is 18.2 Å². The zero-order valence-corrected chi connectivity index (χ0v) is 10.9. The average Bonchev–Trinajstić information content (AvgIpc) is 2.90. The van der Waals surface area contributed by atoms with Gasteiger partial charge in [-0.25, -0.2) is 9.82 Å². The van der Waals surface area contributed by atoms with E-state index < -0.39 is 11.9 Å². The molecule has 2 rings (SSSR count). The largest absolute Gasteiger partial charge is 0.494 e. The number of halogens is 1. The second-order valence-electron chi connectivity index (χ2n) is 4.12. The number of nitrogens with one attached hydrogen (secondary N) is 1. The number of hydrogen-bond acceptors (Lipinski definition) is 4. The van der Waals surface area contributed by atoms with E-state index in [-0.39, 0.29) is 5.75 Å². The average molecular weight is 264 g/mol. The summed E-state index contributed by atoms with van der Waals surface area (Å²) in [5.74, 6) is 6.68. The Morgan fingerprint density at radius 2 is 2.16 bits per heavy atom. The normalized spacial score (nSPS) is 12.4. The Labute approximate surface area is 111 Å². The molecular weight excluding hydrogens is 247 g/mol. The minimum absolute atomic E-state index is 0.181.